The van der Waals surface area contributed by atoms with Gasteiger partial charge in [0.15, 0.2) is 11.5 Å². The molecule has 1 aliphatic rings. The molecule has 0 amide bonds. The fourth-order valence-electron chi connectivity index (χ4n) is 2.45. The Morgan fingerprint density at radius 1 is 1.30 bits per heavy atom. The van der Waals surface area contributed by atoms with Gasteiger partial charge in [-0.05, 0) is 31.2 Å². The van der Waals surface area contributed by atoms with Crippen molar-refractivity contribution in [2.75, 3.05) is 47.1 Å². The summed E-state index contributed by atoms with van der Waals surface area (Å²) in [5.41, 5.74) is 7.10. The lowest BCUT2D eigenvalue weighted by Crippen LogP contribution is -2.32. The molecule has 1 atom stereocenters. The highest BCUT2D eigenvalue weighted by atomic mass is 16.6. The summed E-state index contributed by atoms with van der Waals surface area (Å²) < 4.78 is 16.3. The van der Waals surface area contributed by atoms with E-state index in [1.807, 2.05) is 12.1 Å². The molecule has 1 unspecified atom stereocenters. The Bertz CT molecular complexity index is 426. The summed E-state index contributed by atoms with van der Waals surface area (Å²) in [6.07, 6.45) is 0.994. The van der Waals surface area contributed by atoms with Gasteiger partial charge in [-0.3, -0.25) is 4.90 Å². The summed E-state index contributed by atoms with van der Waals surface area (Å²) >= 11 is 0. The van der Waals surface area contributed by atoms with Gasteiger partial charge in [0.25, 0.3) is 0 Å². The average Bonchev–Trinajstić information content (AvgIpc) is 2.48. The van der Waals surface area contributed by atoms with Gasteiger partial charge in [0.2, 0.25) is 0 Å². The predicted molar refractivity (Wildman–Crippen MR) is 78.4 cm³/mol. The SMILES string of the molecule is COCCCN(C)C(CN)c1ccc2c(c1)OCCO2. The third-order valence-corrected chi connectivity index (χ3v) is 3.57. The first kappa shape index (κ1) is 15.1. The number of ether oxygens (including phenoxy) is 3. The number of fused-ring (bicyclic) bond motifs is 1. The van der Waals surface area contributed by atoms with Crippen molar-refractivity contribution in [3.05, 3.63) is 23.8 Å². The Hall–Kier alpha value is -1.30. The first-order chi connectivity index (χ1) is 9.76. The minimum Gasteiger partial charge on any atom is -0.486 e. The maximum Gasteiger partial charge on any atom is 0.161 e. The average molecular weight is 280 g/mol. The van der Waals surface area contributed by atoms with Crippen molar-refractivity contribution in [2.24, 2.45) is 5.73 Å². The van der Waals surface area contributed by atoms with E-state index in [-0.39, 0.29) is 6.04 Å². The molecule has 5 heteroatoms. The molecule has 2 N–H and O–H groups in total. The number of likely N-dealkylation sites (N-methyl/N-ethyl adjacent to an activating group) is 1. The van der Waals surface area contributed by atoms with E-state index >= 15 is 0 Å². The fourth-order valence-corrected chi connectivity index (χ4v) is 2.45. The molecule has 0 aliphatic carbocycles. The van der Waals surface area contributed by atoms with Crippen molar-refractivity contribution >= 4 is 0 Å². The first-order valence-electron chi connectivity index (χ1n) is 7.05. The van der Waals surface area contributed by atoms with Crippen molar-refractivity contribution in [3.8, 4) is 11.5 Å². The lowest BCUT2D eigenvalue weighted by molar-refractivity contribution is 0.164. The lowest BCUT2D eigenvalue weighted by Gasteiger charge is -2.28. The van der Waals surface area contributed by atoms with Crippen LogP contribution in [0.15, 0.2) is 18.2 Å². The zero-order valence-corrected chi connectivity index (χ0v) is 12.3. The molecule has 1 aliphatic heterocycles. The predicted octanol–water partition coefficient (Wildman–Crippen LogP) is 1.43. The number of methoxy groups -OCH3 is 1. The van der Waals surface area contributed by atoms with Crippen LogP contribution in [0.1, 0.15) is 18.0 Å². The summed E-state index contributed by atoms with van der Waals surface area (Å²) in [7, 11) is 3.81. The van der Waals surface area contributed by atoms with E-state index in [9.17, 15) is 0 Å². The van der Waals surface area contributed by atoms with Crippen molar-refractivity contribution in [1.82, 2.24) is 4.90 Å². The van der Waals surface area contributed by atoms with E-state index in [4.69, 9.17) is 19.9 Å². The zero-order chi connectivity index (χ0) is 14.4. The number of nitrogens with zero attached hydrogens (tertiary/aromatic N) is 1. The van der Waals surface area contributed by atoms with Crippen LogP contribution in [0.2, 0.25) is 0 Å². The molecule has 1 aromatic carbocycles. The van der Waals surface area contributed by atoms with Crippen molar-refractivity contribution in [2.45, 2.75) is 12.5 Å². The molecule has 0 aromatic heterocycles. The number of rotatable bonds is 7. The van der Waals surface area contributed by atoms with Crippen LogP contribution in [0.5, 0.6) is 11.5 Å². The molecule has 0 saturated heterocycles. The van der Waals surface area contributed by atoms with Gasteiger partial charge in [0.1, 0.15) is 13.2 Å². The van der Waals surface area contributed by atoms with Gasteiger partial charge >= 0.3 is 0 Å². The van der Waals surface area contributed by atoms with E-state index in [2.05, 4.69) is 18.0 Å². The summed E-state index contributed by atoms with van der Waals surface area (Å²) in [5.74, 6) is 1.63. The summed E-state index contributed by atoms with van der Waals surface area (Å²) in [4.78, 5) is 2.25. The third kappa shape index (κ3) is 3.62. The smallest absolute Gasteiger partial charge is 0.161 e. The minimum absolute atomic E-state index is 0.183. The second-order valence-electron chi connectivity index (χ2n) is 4.98. The second-order valence-corrected chi connectivity index (χ2v) is 4.98. The summed E-state index contributed by atoms with van der Waals surface area (Å²) in [5, 5.41) is 0. The zero-order valence-electron chi connectivity index (χ0n) is 12.3. The highest BCUT2D eigenvalue weighted by Crippen LogP contribution is 2.33. The molecule has 1 aromatic rings. The summed E-state index contributed by atoms with van der Waals surface area (Å²) in [6, 6.07) is 6.26. The van der Waals surface area contributed by atoms with Crippen LogP contribution in [0, 0.1) is 0 Å². The minimum atomic E-state index is 0.183. The fraction of sp³-hybridized carbons (Fsp3) is 0.600. The second kappa shape index (κ2) is 7.47. The van der Waals surface area contributed by atoms with E-state index in [1.165, 1.54) is 0 Å². The van der Waals surface area contributed by atoms with Gasteiger partial charge < -0.3 is 19.9 Å². The third-order valence-electron chi connectivity index (χ3n) is 3.57. The highest BCUT2D eigenvalue weighted by Gasteiger charge is 2.19. The Kier molecular flexibility index (Phi) is 5.64. The maximum absolute atomic E-state index is 5.94. The van der Waals surface area contributed by atoms with Gasteiger partial charge in [-0.1, -0.05) is 6.07 Å². The molecule has 1 heterocycles. The Balaban J connectivity index is 2.06. The highest BCUT2D eigenvalue weighted by molar-refractivity contribution is 5.44. The first-order valence-corrected chi connectivity index (χ1v) is 7.05. The van der Waals surface area contributed by atoms with Crippen LogP contribution >= 0.6 is 0 Å². The normalized spacial score (nSPS) is 15.4. The maximum atomic E-state index is 5.94. The Morgan fingerprint density at radius 3 is 2.75 bits per heavy atom. The van der Waals surface area contributed by atoms with E-state index in [0.29, 0.717) is 19.8 Å². The molecule has 0 spiro atoms. The molecule has 2 rings (SSSR count). The Morgan fingerprint density at radius 2 is 2.05 bits per heavy atom. The molecular weight excluding hydrogens is 256 g/mol. The molecule has 0 saturated carbocycles. The topological polar surface area (TPSA) is 57.0 Å². The Labute approximate surface area is 120 Å². The van der Waals surface area contributed by atoms with E-state index in [1.54, 1.807) is 7.11 Å². The quantitative estimate of drug-likeness (QED) is 0.766. The number of benzene rings is 1. The van der Waals surface area contributed by atoms with Crippen molar-refractivity contribution < 1.29 is 14.2 Å². The van der Waals surface area contributed by atoms with Crippen LogP contribution in [0.4, 0.5) is 0 Å². The van der Waals surface area contributed by atoms with Crippen LogP contribution in [-0.4, -0.2) is 52.0 Å². The largest absolute Gasteiger partial charge is 0.486 e. The standard InChI is InChI=1S/C15H24N2O3/c1-17(6-3-7-18-2)13(11-16)12-4-5-14-15(10-12)20-9-8-19-14/h4-5,10,13H,3,6-9,11,16H2,1-2H3. The van der Waals surface area contributed by atoms with Crippen molar-refractivity contribution in [3.63, 3.8) is 0 Å². The van der Waals surface area contributed by atoms with Gasteiger partial charge in [-0.25, -0.2) is 0 Å². The molecule has 5 nitrogen and oxygen atoms in total. The van der Waals surface area contributed by atoms with Gasteiger partial charge in [0, 0.05) is 32.8 Å². The van der Waals surface area contributed by atoms with E-state index in [0.717, 1.165) is 36.6 Å². The molecule has 0 bridgehead atoms. The number of hydrogen-bond donors (Lipinski definition) is 1. The van der Waals surface area contributed by atoms with Gasteiger partial charge in [-0.15, -0.1) is 0 Å². The molecular formula is C15H24N2O3. The summed E-state index contributed by atoms with van der Waals surface area (Å²) in [6.45, 7) is 3.51. The van der Waals surface area contributed by atoms with Gasteiger partial charge in [0.05, 0.1) is 0 Å². The van der Waals surface area contributed by atoms with E-state index < -0.39 is 0 Å². The van der Waals surface area contributed by atoms with Gasteiger partial charge in [-0.2, -0.15) is 0 Å². The van der Waals surface area contributed by atoms with Crippen LogP contribution in [-0.2, 0) is 4.74 Å². The molecule has 20 heavy (non-hydrogen) atoms. The number of nitrogens with two attached hydrogens (primary N) is 1. The molecule has 112 valence electrons. The monoisotopic (exact) mass is 280 g/mol. The molecule has 0 radical (unpaired) electrons. The lowest BCUT2D eigenvalue weighted by atomic mass is 10.0. The number of hydrogen-bond acceptors (Lipinski definition) is 5. The van der Waals surface area contributed by atoms with Crippen LogP contribution in [0.25, 0.3) is 0 Å². The molecule has 0 fully saturated rings. The van der Waals surface area contributed by atoms with Crippen LogP contribution < -0.4 is 15.2 Å². The van der Waals surface area contributed by atoms with Crippen molar-refractivity contribution in [1.29, 1.82) is 0 Å². The van der Waals surface area contributed by atoms with Crippen LogP contribution in [0.3, 0.4) is 0 Å².